The van der Waals surface area contributed by atoms with Gasteiger partial charge < -0.3 is 19.8 Å². The number of aliphatic hydroxyl groups excluding tert-OH is 1. The van der Waals surface area contributed by atoms with Crippen molar-refractivity contribution in [3.05, 3.63) is 35.4 Å². The zero-order chi connectivity index (χ0) is 18.7. The molecule has 26 heavy (non-hydrogen) atoms. The Morgan fingerprint density at radius 3 is 2.46 bits per heavy atom. The van der Waals surface area contributed by atoms with Gasteiger partial charge in [0, 0.05) is 31.7 Å². The van der Waals surface area contributed by atoms with E-state index in [1.165, 1.54) is 0 Å². The number of aryl methyl sites for hydroxylation is 1. The molecule has 0 aliphatic carbocycles. The molecule has 3 rings (SSSR count). The maximum atomic E-state index is 12.8. The lowest BCUT2D eigenvalue weighted by molar-refractivity contribution is -0.00611. The number of β-amino-alcohol motifs (C(OH)–C–C–N with tert-alkyl or cyclic N) is 1. The van der Waals surface area contributed by atoms with Gasteiger partial charge in [-0.1, -0.05) is 12.1 Å². The molecule has 0 radical (unpaired) electrons. The molecule has 2 fully saturated rings. The lowest BCUT2D eigenvalue weighted by Gasteiger charge is -2.33. The SMILES string of the molecule is CC(C)(O)CCc1ccc(C(=O)N2C[C@H](O)[C@@H](N3CCOCC3)C2)cc1. The molecule has 1 aromatic rings. The molecule has 0 bridgehead atoms. The summed E-state index contributed by atoms with van der Waals surface area (Å²) in [5.74, 6) is -0.0335. The van der Waals surface area contributed by atoms with Crippen LogP contribution in [0.3, 0.4) is 0 Å². The van der Waals surface area contributed by atoms with E-state index in [4.69, 9.17) is 4.74 Å². The van der Waals surface area contributed by atoms with E-state index < -0.39 is 11.7 Å². The molecule has 6 heteroatoms. The fraction of sp³-hybridized carbons (Fsp3) is 0.650. The van der Waals surface area contributed by atoms with Crippen LogP contribution in [0.4, 0.5) is 0 Å². The molecule has 1 aromatic carbocycles. The van der Waals surface area contributed by atoms with Crippen LogP contribution < -0.4 is 0 Å². The third-order valence-electron chi connectivity index (χ3n) is 5.29. The number of ether oxygens (including phenoxy) is 1. The van der Waals surface area contributed by atoms with Gasteiger partial charge in [-0.15, -0.1) is 0 Å². The van der Waals surface area contributed by atoms with Crippen molar-refractivity contribution in [3.63, 3.8) is 0 Å². The molecular formula is C20H30N2O4. The minimum Gasteiger partial charge on any atom is -0.390 e. The Labute approximate surface area is 155 Å². The maximum Gasteiger partial charge on any atom is 0.253 e. The zero-order valence-electron chi connectivity index (χ0n) is 15.7. The molecule has 0 spiro atoms. The van der Waals surface area contributed by atoms with E-state index in [0.717, 1.165) is 25.1 Å². The highest BCUT2D eigenvalue weighted by molar-refractivity contribution is 5.94. The molecule has 2 aliphatic heterocycles. The van der Waals surface area contributed by atoms with Gasteiger partial charge in [0.05, 0.1) is 31.0 Å². The summed E-state index contributed by atoms with van der Waals surface area (Å²) >= 11 is 0. The second kappa shape index (κ2) is 8.05. The predicted molar refractivity (Wildman–Crippen MR) is 99.2 cm³/mol. The van der Waals surface area contributed by atoms with Gasteiger partial charge in [-0.25, -0.2) is 0 Å². The summed E-state index contributed by atoms with van der Waals surface area (Å²) in [5, 5.41) is 20.2. The number of carbonyl (C=O) groups excluding carboxylic acids is 1. The molecule has 2 N–H and O–H groups in total. The number of hydrogen-bond acceptors (Lipinski definition) is 5. The Morgan fingerprint density at radius 1 is 1.19 bits per heavy atom. The summed E-state index contributed by atoms with van der Waals surface area (Å²) < 4.78 is 5.37. The van der Waals surface area contributed by atoms with Crippen molar-refractivity contribution in [2.24, 2.45) is 0 Å². The summed E-state index contributed by atoms with van der Waals surface area (Å²) in [5.41, 5.74) is 1.07. The van der Waals surface area contributed by atoms with Gasteiger partial charge >= 0.3 is 0 Å². The number of hydrogen-bond donors (Lipinski definition) is 2. The van der Waals surface area contributed by atoms with Crippen LogP contribution in [0, 0.1) is 0 Å². The molecule has 0 saturated carbocycles. The Bertz CT molecular complexity index is 605. The monoisotopic (exact) mass is 362 g/mol. The van der Waals surface area contributed by atoms with Crippen LogP contribution >= 0.6 is 0 Å². The van der Waals surface area contributed by atoms with Crippen LogP contribution in [0.5, 0.6) is 0 Å². The Balaban J connectivity index is 1.58. The first-order chi connectivity index (χ1) is 12.3. The number of nitrogens with zero attached hydrogens (tertiary/aromatic N) is 2. The third kappa shape index (κ3) is 4.82. The molecule has 1 amide bonds. The average molecular weight is 362 g/mol. The van der Waals surface area contributed by atoms with Crippen LogP contribution in [0.2, 0.25) is 0 Å². The van der Waals surface area contributed by atoms with Crippen molar-refractivity contribution < 1.29 is 19.7 Å². The first kappa shape index (κ1) is 19.3. The van der Waals surface area contributed by atoms with Crippen LogP contribution in [0.1, 0.15) is 36.2 Å². The van der Waals surface area contributed by atoms with Crippen molar-refractivity contribution in [3.8, 4) is 0 Å². The van der Waals surface area contributed by atoms with E-state index in [1.807, 2.05) is 24.3 Å². The smallest absolute Gasteiger partial charge is 0.253 e. The van der Waals surface area contributed by atoms with Crippen molar-refractivity contribution >= 4 is 5.91 Å². The highest BCUT2D eigenvalue weighted by atomic mass is 16.5. The maximum absolute atomic E-state index is 12.8. The lowest BCUT2D eigenvalue weighted by Crippen LogP contribution is -2.49. The zero-order valence-corrected chi connectivity index (χ0v) is 15.7. The summed E-state index contributed by atoms with van der Waals surface area (Å²) in [6.45, 7) is 7.51. The quantitative estimate of drug-likeness (QED) is 0.815. The van der Waals surface area contributed by atoms with Crippen LogP contribution in [0.15, 0.2) is 24.3 Å². The summed E-state index contributed by atoms with van der Waals surface area (Å²) in [6, 6.07) is 7.58. The van der Waals surface area contributed by atoms with Crippen molar-refractivity contribution in [2.45, 2.75) is 44.4 Å². The second-order valence-corrected chi connectivity index (χ2v) is 8.00. The van der Waals surface area contributed by atoms with Crippen molar-refractivity contribution in [1.82, 2.24) is 9.80 Å². The summed E-state index contributed by atoms with van der Waals surface area (Å²) in [7, 11) is 0. The lowest BCUT2D eigenvalue weighted by atomic mass is 9.98. The number of aliphatic hydroxyl groups is 2. The fourth-order valence-corrected chi connectivity index (χ4v) is 3.65. The van der Waals surface area contributed by atoms with E-state index in [-0.39, 0.29) is 11.9 Å². The predicted octanol–water partition coefficient (Wildman–Crippen LogP) is 0.908. The summed E-state index contributed by atoms with van der Waals surface area (Å²) in [6.07, 6.45) is 0.947. The van der Waals surface area contributed by atoms with E-state index in [2.05, 4.69) is 4.90 Å². The van der Waals surface area contributed by atoms with Gasteiger partial charge in [-0.2, -0.15) is 0 Å². The molecule has 2 heterocycles. The number of likely N-dealkylation sites (tertiary alicyclic amines) is 1. The molecule has 0 aromatic heterocycles. The van der Waals surface area contributed by atoms with E-state index in [0.29, 0.717) is 38.3 Å². The van der Waals surface area contributed by atoms with E-state index in [9.17, 15) is 15.0 Å². The Morgan fingerprint density at radius 2 is 1.85 bits per heavy atom. The topological polar surface area (TPSA) is 73.2 Å². The van der Waals surface area contributed by atoms with Gasteiger partial charge in [0.25, 0.3) is 5.91 Å². The van der Waals surface area contributed by atoms with Crippen LogP contribution in [-0.2, 0) is 11.2 Å². The van der Waals surface area contributed by atoms with Gasteiger partial charge in [-0.3, -0.25) is 9.69 Å². The average Bonchev–Trinajstić information content (AvgIpc) is 3.02. The molecule has 6 nitrogen and oxygen atoms in total. The van der Waals surface area contributed by atoms with Crippen LogP contribution in [-0.4, -0.2) is 83.1 Å². The molecular weight excluding hydrogens is 332 g/mol. The highest BCUT2D eigenvalue weighted by Crippen LogP contribution is 2.21. The molecule has 2 saturated heterocycles. The second-order valence-electron chi connectivity index (χ2n) is 8.00. The van der Waals surface area contributed by atoms with Gasteiger partial charge in [0.15, 0.2) is 0 Å². The van der Waals surface area contributed by atoms with Crippen LogP contribution in [0.25, 0.3) is 0 Å². The first-order valence-corrected chi connectivity index (χ1v) is 9.44. The standard InChI is InChI=1S/C20H30N2O4/c1-20(2,25)8-7-15-3-5-16(6-4-15)19(24)22-13-17(18(23)14-22)21-9-11-26-12-10-21/h3-6,17-18,23,25H,7-14H2,1-2H3/t17-,18-/m0/s1. The van der Waals surface area contributed by atoms with Gasteiger partial charge in [0.1, 0.15) is 0 Å². The van der Waals surface area contributed by atoms with E-state index >= 15 is 0 Å². The fourth-order valence-electron chi connectivity index (χ4n) is 3.65. The van der Waals surface area contributed by atoms with E-state index in [1.54, 1.807) is 18.7 Å². The molecule has 2 atom stereocenters. The number of benzene rings is 1. The largest absolute Gasteiger partial charge is 0.390 e. The van der Waals surface area contributed by atoms with Gasteiger partial charge in [-0.05, 0) is 44.4 Å². The number of amides is 1. The number of carbonyl (C=O) groups is 1. The molecule has 144 valence electrons. The van der Waals surface area contributed by atoms with Crippen molar-refractivity contribution in [1.29, 1.82) is 0 Å². The number of rotatable bonds is 5. The summed E-state index contributed by atoms with van der Waals surface area (Å²) in [4.78, 5) is 16.8. The Kier molecular flexibility index (Phi) is 5.97. The van der Waals surface area contributed by atoms with Gasteiger partial charge in [0.2, 0.25) is 0 Å². The highest BCUT2D eigenvalue weighted by Gasteiger charge is 2.38. The Hall–Kier alpha value is -1.47. The first-order valence-electron chi connectivity index (χ1n) is 9.44. The minimum atomic E-state index is -0.686. The normalized spacial score (nSPS) is 24.8. The molecule has 0 unspecified atom stereocenters. The third-order valence-corrected chi connectivity index (χ3v) is 5.29. The number of morpholine rings is 1. The van der Waals surface area contributed by atoms with Crippen molar-refractivity contribution in [2.75, 3.05) is 39.4 Å². The minimum absolute atomic E-state index is 0.00564. The molecule has 2 aliphatic rings.